The highest BCUT2D eigenvalue weighted by Gasteiger charge is 2.50. The Morgan fingerprint density at radius 3 is 2.32 bits per heavy atom. The SMILES string of the molecule is CCc1cc(OC)cc(OC)c1[C@H](C)/C=C1\CC(=O)N(CCO)C12CCN(Cc1cc(C)cc(C)c1)CC2. The van der Waals surface area contributed by atoms with Gasteiger partial charge in [0.1, 0.15) is 11.5 Å². The molecule has 0 radical (unpaired) electrons. The molecule has 0 bridgehead atoms. The summed E-state index contributed by atoms with van der Waals surface area (Å²) in [5.41, 5.74) is 7.13. The van der Waals surface area contributed by atoms with E-state index in [-0.39, 0.29) is 24.0 Å². The summed E-state index contributed by atoms with van der Waals surface area (Å²) in [7, 11) is 3.38. The Hall–Kier alpha value is -2.83. The number of nitrogens with zero attached hydrogens (tertiary/aromatic N) is 2. The topological polar surface area (TPSA) is 62.2 Å². The lowest BCUT2D eigenvalue weighted by molar-refractivity contribution is -0.133. The first kappa shape index (κ1) is 28.2. The smallest absolute Gasteiger partial charge is 0.227 e. The number of aliphatic hydroxyl groups excluding tert-OH is 1. The van der Waals surface area contributed by atoms with E-state index >= 15 is 0 Å². The number of amides is 1. The number of piperidine rings is 1. The minimum Gasteiger partial charge on any atom is -0.497 e. The highest BCUT2D eigenvalue weighted by molar-refractivity contribution is 5.85. The molecule has 2 aromatic rings. The van der Waals surface area contributed by atoms with E-state index in [1.807, 2.05) is 11.0 Å². The summed E-state index contributed by atoms with van der Waals surface area (Å²) in [4.78, 5) is 17.7. The van der Waals surface area contributed by atoms with Crippen LogP contribution in [0.4, 0.5) is 0 Å². The first-order valence-electron chi connectivity index (χ1n) is 13.9. The Morgan fingerprint density at radius 2 is 1.74 bits per heavy atom. The minimum absolute atomic E-state index is 0.0190. The number of ether oxygens (including phenoxy) is 2. The molecule has 38 heavy (non-hydrogen) atoms. The van der Waals surface area contributed by atoms with Gasteiger partial charge in [0, 0.05) is 43.7 Å². The third-order valence-corrected chi connectivity index (χ3v) is 8.40. The number of carbonyl (C=O) groups is 1. The van der Waals surface area contributed by atoms with Crippen LogP contribution in [0.25, 0.3) is 0 Å². The molecule has 1 atom stereocenters. The molecule has 2 aliphatic rings. The van der Waals surface area contributed by atoms with Gasteiger partial charge in [-0.1, -0.05) is 49.2 Å². The standard InChI is InChI=1S/C32H44N2O4/c1-7-26-18-28(37-5)20-29(38-6)31(26)24(4)17-27-19-30(36)34(12-13-35)32(27)8-10-33(11-9-32)21-25-15-22(2)14-23(3)16-25/h14-18,20,24,35H,7-13,19,21H2,1-6H3/b27-17+/t24-/m1/s1. The molecule has 1 N–H and O–H groups in total. The van der Waals surface area contributed by atoms with Crippen LogP contribution >= 0.6 is 0 Å². The van der Waals surface area contributed by atoms with Crippen LogP contribution in [-0.4, -0.2) is 66.8 Å². The number of carbonyl (C=O) groups excluding carboxylic acids is 1. The number of likely N-dealkylation sites (tertiary alicyclic amines) is 2. The van der Waals surface area contributed by atoms with Crippen LogP contribution in [0.3, 0.4) is 0 Å². The number of benzene rings is 2. The Balaban J connectivity index is 1.63. The normalized spacial score (nSPS) is 19.4. The predicted octanol–water partition coefficient (Wildman–Crippen LogP) is 5.17. The van der Waals surface area contributed by atoms with Gasteiger partial charge in [0.15, 0.2) is 0 Å². The van der Waals surface area contributed by atoms with E-state index in [0.29, 0.717) is 13.0 Å². The van der Waals surface area contributed by atoms with Gasteiger partial charge in [-0.05, 0) is 55.9 Å². The fourth-order valence-corrected chi connectivity index (χ4v) is 6.72. The Bertz CT molecular complexity index is 1130. The zero-order valence-electron chi connectivity index (χ0n) is 24.0. The molecule has 2 fully saturated rings. The van der Waals surface area contributed by atoms with Gasteiger partial charge >= 0.3 is 0 Å². The number of allylic oxidation sites excluding steroid dienone is 1. The molecular weight excluding hydrogens is 476 g/mol. The van der Waals surface area contributed by atoms with Gasteiger partial charge in [-0.3, -0.25) is 9.69 Å². The summed E-state index contributed by atoms with van der Waals surface area (Å²) < 4.78 is 11.3. The summed E-state index contributed by atoms with van der Waals surface area (Å²) in [6.07, 6.45) is 5.34. The zero-order valence-corrected chi connectivity index (χ0v) is 24.0. The van der Waals surface area contributed by atoms with Crippen molar-refractivity contribution in [2.75, 3.05) is 40.5 Å². The van der Waals surface area contributed by atoms with Gasteiger partial charge in [-0.25, -0.2) is 0 Å². The van der Waals surface area contributed by atoms with E-state index in [2.05, 4.69) is 62.9 Å². The van der Waals surface area contributed by atoms with Gasteiger partial charge in [0.05, 0.1) is 32.8 Å². The maximum atomic E-state index is 13.3. The molecule has 206 valence electrons. The fourth-order valence-electron chi connectivity index (χ4n) is 6.72. The van der Waals surface area contributed by atoms with Gasteiger partial charge in [-0.15, -0.1) is 0 Å². The molecule has 0 aromatic heterocycles. The van der Waals surface area contributed by atoms with Crippen LogP contribution in [0.15, 0.2) is 42.0 Å². The fraction of sp³-hybridized carbons (Fsp3) is 0.531. The number of aliphatic hydroxyl groups is 1. The lowest BCUT2D eigenvalue weighted by atomic mass is 9.78. The maximum absolute atomic E-state index is 13.3. The summed E-state index contributed by atoms with van der Waals surface area (Å²) in [6, 6.07) is 10.8. The van der Waals surface area contributed by atoms with Crippen molar-refractivity contribution >= 4 is 5.91 Å². The third-order valence-electron chi connectivity index (χ3n) is 8.40. The molecule has 6 nitrogen and oxygen atoms in total. The van der Waals surface area contributed by atoms with Gasteiger partial charge in [-0.2, -0.15) is 0 Å². The van der Waals surface area contributed by atoms with Crippen molar-refractivity contribution in [3.8, 4) is 11.5 Å². The second-order valence-corrected chi connectivity index (χ2v) is 11.0. The van der Waals surface area contributed by atoms with Crippen LogP contribution < -0.4 is 9.47 Å². The van der Waals surface area contributed by atoms with Gasteiger partial charge < -0.3 is 19.5 Å². The van der Waals surface area contributed by atoms with E-state index < -0.39 is 0 Å². The first-order valence-corrected chi connectivity index (χ1v) is 13.9. The molecule has 0 saturated carbocycles. The molecular formula is C32H44N2O4. The number of hydrogen-bond acceptors (Lipinski definition) is 5. The van der Waals surface area contributed by atoms with Crippen LogP contribution in [0.1, 0.15) is 66.8 Å². The lowest BCUT2D eigenvalue weighted by Crippen LogP contribution is -2.54. The molecule has 0 unspecified atom stereocenters. The third kappa shape index (κ3) is 5.62. The molecule has 2 heterocycles. The number of methoxy groups -OCH3 is 2. The molecule has 4 rings (SSSR count). The summed E-state index contributed by atoms with van der Waals surface area (Å²) in [5.74, 6) is 1.81. The molecule has 2 aromatic carbocycles. The maximum Gasteiger partial charge on any atom is 0.227 e. The second-order valence-electron chi connectivity index (χ2n) is 11.0. The molecule has 1 amide bonds. The Kier molecular flexibility index (Phi) is 8.84. The minimum atomic E-state index is -0.334. The average molecular weight is 521 g/mol. The number of aryl methyl sites for hydroxylation is 3. The summed E-state index contributed by atoms with van der Waals surface area (Å²) >= 11 is 0. The van der Waals surface area contributed by atoms with Crippen LogP contribution in [-0.2, 0) is 17.8 Å². The van der Waals surface area contributed by atoms with Crippen molar-refractivity contribution in [1.82, 2.24) is 9.80 Å². The lowest BCUT2D eigenvalue weighted by Gasteiger charge is -2.46. The Morgan fingerprint density at radius 1 is 1.05 bits per heavy atom. The van der Waals surface area contributed by atoms with E-state index in [0.717, 1.165) is 56.0 Å². The highest BCUT2D eigenvalue weighted by Crippen LogP contribution is 2.45. The molecule has 2 saturated heterocycles. The molecule has 1 spiro atoms. The monoisotopic (exact) mass is 520 g/mol. The van der Waals surface area contributed by atoms with Crippen LogP contribution in [0.5, 0.6) is 11.5 Å². The zero-order chi connectivity index (χ0) is 27.4. The van der Waals surface area contributed by atoms with Gasteiger partial charge in [0.25, 0.3) is 0 Å². The largest absolute Gasteiger partial charge is 0.497 e. The molecule has 6 heteroatoms. The predicted molar refractivity (Wildman–Crippen MR) is 152 cm³/mol. The van der Waals surface area contributed by atoms with Crippen molar-refractivity contribution in [3.63, 3.8) is 0 Å². The first-order chi connectivity index (χ1) is 18.2. The number of hydrogen-bond donors (Lipinski definition) is 1. The number of β-amino-alcohol motifs (C(OH)–C–C–N with tert-alkyl or cyclic N) is 1. The van der Waals surface area contributed by atoms with E-state index in [4.69, 9.17) is 9.47 Å². The van der Waals surface area contributed by atoms with Crippen molar-refractivity contribution in [3.05, 3.63) is 69.8 Å². The summed E-state index contributed by atoms with van der Waals surface area (Å²) in [5, 5.41) is 9.84. The van der Waals surface area contributed by atoms with Crippen LogP contribution in [0, 0.1) is 13.8 Å². The van der Waals surface area contributed by atoms with Crippen molar-refractivity contribution in [2.24, 2.45) is 0 Å². The van der Waals surface area contributed by atoms with E-state index in [1.165, 1.54) is 27.8 Å². The van der Waals surface area contributed by atoms with Crippen molar-refractivity contribution in [2.45, 2.75) is 71.4 Å². The van der Waals surface area contributed by atoms with Crippen molar-refractivity contribution in [1.29, 1.82) is 0 Å². The molecule has 0 aliphatic carbocycles. The average Bonchev–Trinajstić information content (AvgIpc) is 3.13. The van der Waals surface area contributed by atoms with E-state index in [1.54, 1.807) is 14.2 Å². The quantitative estimate of drug-likeness (QED) is 0.462. The summed E-state index contributed by atoms with van der Waals surface area (Å²) in [6.45, 7) is 11.8. The van der Waals surface area contributed by atoms with Crippen molar-refractivity contribution < 1.29 is 19.4 Å². The molecule has 2 aliphatic heterocycles. The second kappa shape index (κ2) is 11.9. The Labute approximate surface area is 228 Å². The van der Waals surface area contributed by atoms with Gasteiger partial charge in [0.2, 0.25) is 5.91 Å². The highest BCUT2D eigenvalue weighted by atomic mass is 16.5. The van der Waals surface area contributed by atoms with Crippen LogP contribution in [0.2, 0.25) is 0 Å². The number of rotatable bonds is 9. The van der Waals surface area contributed by atoms with E-state index in [9.17, 15) is 9.90 Å².